The molecule has 174 valence electrons. The number of carbonyl (C=O) groups excluding carboxylic acids is 1. The van der Waals surface area contributed by atoms with Crippen molar-refractivity contribution in [2.24, 2.45) is 5.92 Å². The summed E-state index contributed by atoms with van der Waals surface area (Å²) in [5.41, 5.74) is 3.49. The second kappa shape index (κ2) is 10.6. The third-order valence-electron chi connectivity index (χ3n) is 6.67. The van der Waals surface area contributed by atoms with E-state index in [1.807, 2.05) is 59.5 Å². The molecule has 5 nitrogen and oxygen atoms in total. The normalized spacial score (nSPS) is 15.5. The summed E-state index contributed by atoms with van der Waals surface area (Å²) < 4.78 is 6.87. The zero-order valence-electron chi connectivity index (χ0n) is 19.6. The van der Waals surface area contributed by atoms with Gasteiger partial charge in [0, 0.05) is 34.7 Å². The van der Waals surface area contributed by atoms with E-state index in [2.05, 4.69) is 46.8 Å². The fourth-order valence-corrected chi connectivity index (χ4v) is 4.73. The second-order valence-corrected chi connectivity index (χ2v) is 9.97. The average molecular weight is 510 g/mol. The van der Waals surface area contributed by atoms with Gasteiger partial charge >= 0.3 is 0 Å². The molecule has 0 spiro atoms. The number of hydrogen-bond acceptors (Lipinski definition) is 4. The molecule has 0 radical (unpaired) electrons. The Bertz CT molecular complexity index is 1070. The molecule has 2 aromatic carbocycles. The summed E-state index contributed by atoms with van der Waals surface area (Å²) in [6, 6.07) is 17.8. The lowest BCUT2D eigenvalue weighted by molar-refractivity contribution is 0.0672. The zero-order chi connectivity index (χ0) is 23.4. The number of anilines is 1. The van der Waals surface area contributed by atoms with E-state index in [0.717, 1.165) is 65.4 Å². The minimum Gasteiger partial charge on any atom is -0.340 e. The van der Waals surface area contributed by atoms with Crippen molar-refractivity contribution in [3.05, 3.63) is 70.2 Å². The Morgan fingerprint density at radius 1 is 1.18 bits per heavy atom. The number of piperidine rings is 1. The number of halogens is 1. The van der Waals surface area contributed by atoms with Crippen molar-refractivity contribution in [3.8, 4) is 11.3 Å². The molecule has 2 heterocycles. The third-order valence-corrected chi connectivity index (χ3v) is 7.16. The van der Waals surface area contributed by atoms with E-state index in [9.17, 15) is 4.79 Å². The van der Waals surface area contributed by atoms with E-state index in [1.54, 1.807) is 0 Å². The SMILES string of the molecule is CCC(C)N(Cc1c(-c2ccccc2)noc1N1CCC(C)CC1)C(=O)c1cccc(Br)c1. The number of aromatic nitrogens is 1. The van der Waals surface area contributed by atoms with Gasteiger partial charge in [-0.25, -0.2) is 0 Å². The molecule has 1 aliphatic rings. The van der Waals surface area contributed by atoms with Gasteiger partial charge in [0.15, 0.2) is 0 Å². The molecule has 3 aromatic rings. The Labute approximate surface area is 204 Å². The maximum atomic E-state index is 13.6. The summed E-state index contributed by atoms with van der Waals surface area (Å²) in [6.45, 7) is 8.87. The fraction of sp³-hybridized carbons (Fsp3) is 0.407. The zero-order valence-corrected chi connectivity index (χ0v) is 21.2. The maximum Gasteiger partial charge on any atom is 0.254 e. The molecule has 1 atom stereocenters. The lowest BCUT2D eigenvalue weighted by atomic mass is 9.98. The number of amides is 1. The van der Waals surface area contributed by atoms with Gasteiger partial charge in [0.05, 0.1) is 12.1 Å². The molecule has 1 saturated heterocycles. The van der Waals surface area contributed by atoms with Gasteiger partial charge in [-0.15, -0.1) is 0 Å². The van der Waals surface area contributed by atoms with E-state index < -0.39 is 0 Å². The fourth-order valence-electron chi connectivity index (χ4n) is 4.33. The monoisotopic (exact) mass is 509 g/mol. The topological polar surface area (TPSA) is 49.6 Å². The van der Waals surface area contributed by atoms with Crippen LogP contribution in [0.3, 0.4) is 0 Å². The number of carbonyl (C=O) groups is 1. The first-order chi connectivity index (χ1) is 16.0. The van der Waals surface area contributed by atoms with Gasteiger partial charge in [-0.3, -0.25) is 4.79 Å². The highest BCUT2D eigenvalue weighted by Crippen LogP contribution is 2.35. The molecule has 33 heavy (non-hydrogen) atoms. The molecule has 1 fully saturated rings. The van der Waals surface area contributed by atoms with Crippen LogP contribution in [-0.4, -0.2) is 35.1 Å². The van der Waals surface area contributed by atoms with Crippen molar-refractivity contribution in [2.75, 3.05) is 18.0 Å². The van der Waals surface area contributed by atoms with Crippen LogP contribution in [0.25, 0.3) is 11.3 Å². The highest BCUT2D eigenvalue weighted by Gasteiger charge is 2.30. The molecule has 0 aliphatic carbocycles. The van der Waals surface area contributed by atoms with Crippen molar-refractivity contribution in [3.63, 3.8) is 0 Å². The van der Waals surface area contributed by atoms with Crippen molar-refractivity contribution < 1.29 is 9.32 Å². The summed E-state index contributed by atoms with van der Waals surface area (Å²) in [5, 5.41) is 4.50. The number of hydrogen-bond donors (Lipinski definition) is 0. The Morgan fingerprint density at radius 2 is 1.91 bits per heavy atom. The van der Waals surface area contributed by atoms with Gasteiger partial charge in [-0.2, -0.15) is 0 Å². The van der Waals surface area contributed by atoms with Crippen LogP contribution in [0, 0.1) is 5.92 Å². The summed E-state index contributed by atoms with van der Waals surface area (Å²) in [7, 11) is 0. The average Bonchev–Trinajstić information content (AvgIpc) is 3.26. The largest absolute Gasteiger partial charge is 0.340 e. The van der Waals surface area contributed by atoms with Crippen LogP contribution in [0.5, 0.6) is 0 Å². The number of rotatable bonds is 7. The first-order valence-electron chi connectivity index (χ1n) is 11.8. The van der Waals surface area contributed by atoms with Crippen LogP contribution in [-0.2, 0) is 6.54 Å². The van der Waals surface area contributed by atoms with Crippen molar-refractivity contribution >= 4 is 27.7 Å². The van der Waals surface area contributed by atoms with Crippen LogP contribution in [0.1, 0.15) is 56.0 Å². The van der Waals surface area contributed by atoms with E-state index in [1.165, 1.54) is 0 Å². The van der Waals surface area contributed by atoms with Crippen molar-refractivity contribution in [1.82, 2.24) is 10.1 Å². The van der Waals surface area contributed by atoms with Gasteiger partial charge < -0.3 is 14.3 Å². The highest BCUT2D eigenvalue weighted by molar-refractivity contribution is 9.10. The molecule has 6 heteroatoms. The van der Waals surface area contributed by atoms with Crippen LogP contribution in [0.4, 0.5) is 5.88 Å². The predicted octanol–water partition coefficient (Wildman–Crippen LogP) is 6.78. The van der Waals surface area contributed by atoms with Gasteiger partial charge in [0.25, 0.3) is 5.91 Å². The van der Waals surface area contributed by atoms with Crippen LogP contribution in [0.2, 0.25) is 0 Å². The van der Waals surface area contributed by atoms with E-state index >= 15 is 0 Å². The van der Waals surface area contributed by atoms with E-state index in [4.69, 9.17) is 4.52 Å². The van der Waals surface area contributed by atoms with Crippen LogP contribution < -0.4 is 4.90 Å². The Hall–Kier alpha value is -2.60. The quantitative estimate of drug-likeness (QED) is 0.352. The first-order valence-corrected chi connectivity index (χ1v) is 12.6. The highest BCUT2D eigenvalue weighted by atomic mass is 79.9. The van der Waals surface area contributed by atoms with Crippen LogP contribution >= 0.6 is 15.9 Å². The number of nitrogens with zero attached hydrogens (tertiary/aromatic N) is 3. The number of benzene rings is 2. The smallest absolute Gasteiger partial charge is 0.254 e. The van der Waals surface area contributed by atoms with Gasteiger partial charge in [-0.05, 0) is 50.3 Å². The summed E-state index contributed by atoms with van der Waals surface area (Å²) in [4.78, 5) is 17.9. The molecule has 1 aliphatic heterocycles. The third kappa shape index (κ3) is 5.32. The molecule has 4 rings (SSSR count). The minimum atomic E-state index is 0.0177. The van der Waals surface area contributed by atoms with E-state index in [-0.39, 0.29) is 11.9 Å². The Balaban J connectivity index is 1.74. The summed E-state index contributed by atoms with van der Waals surface area (Å²) >= 11 is 3.50. The molecule has 1 aromatic heterocycles. The van der Waals surface area contributed by atoms with Crippen molar-refractivity contribution in [2.45, 2.75) is 52.6 Å². The van der Waals surface area contributed by atoms with Gasteiger partial charge in [-0.1, -0.05) is 71.3 Å². The van der Waals surface area contributed by atoms with Gasteiger partial charge in [0.2, 0.25) is 5.88 Å². The van der Waals surface area contributed by atoms with Crippen LogP contribution in [0.15, 0.2) is 63.6 Å². The van der Waals surface area contributed by atoms with Gasteiger partial charge in [0.1, 0.15) is 5.69 Å². The standard InChI is InChI=1S/C27H32BrN3O2/c1-4-20(3)31(26(32)22-11-8-12-23(28)17-22)18-24-25(21-9-6-5-7-10-21)29-33-27(24)30-15-13-19(2)14-16-30/h5-12,17,19-20H,4,13-16,18H2,1-3H3. The molecular weight excluding hydrogens is 478 g/mol. The lowest BCUT2D eigenvalue weighted by Gasteiger charge is -2.32. The minimum absolute atomic E-state index is 0.0177. The molecule has 0 bridgehead atoms. The maximum absolute atomic E-state index is 13.6. The Morgan fingerprint density at radius 3 is 2.58 bits per heavy atom. The molecule has 0 N–H and O–H groups in total. The molecule has 1 unspecified atom stereocenters. The second-order valence-electron chi connectivity index (χ2n) is 9.05. The first kappa shape index (κ1) is 23.6. The Kier molecular flexibility index (Phi) is 7.53. The summed E-state index contributed by atoms with van der Waals surface area (Å²) in [6.07, 6.45) is 3.13. The lowest BCUT2D eigenvalue weighted by Crippen LogP contribution is -2.39. The predicted molar refractivity (Wildman–Crippen MR) is 136 cm³/mol. The molecule has 1 amide bonds. The van der Waals surface area contributed by atoms with E-state index in [0.29, 0.717) is 12.1 Å². The van der Waals surface area contributed by atoms with Crippen molar-refractivity contribution in [1.29, 1.82) is 0 Å². The summed E-state index contributed by atoms with van der Waals surface area (Å²) in [5.74, 6) is 1.54. The molecular formula is C27H32BrN3O2. The molecule has 0 saturated carbocycles.